The number of thioether (sulfide) groups is 1. The van der Waals surface area contributed by atoms with Gasteiger partial charge >= 0.3 is 5.17 Å². The van der Waals surface area contributed by atoms with Crippen molar-refractivity contribution in [1.82, 2.24) is 0 Å². The maximum absolute atomic E-state index is 6.14. The van der Waals surface area contributed by atoms with Crippen molar-refractivity contribution in [3.63, 3.8) is 0 Å². The first kappa shape index (κ1) is 23.2. The molecule has 1 aromatic carbocycles. The Kier molecular flexibility index (Phi) is 12.8. The summed E-state index contributed by atoms with van der Waals surface area (Å²) in [6.07, 6.45) is 13.5. The molecule has 0 fully saturated rings. The Balaban J connectivity index is 0.00000338. The van der Waals surface area contributed by atoms with Crippen molar-refractivity contribution < 1.29 is 21.7 Å². The number of nitrogens with zero attached hydrogens (tertiary/aromatic N) is 2. The van der Waals surface area contributed by atoms with Gasteiger partial charge in [0.1, 0.15) is 12.3 Å². The van der Waals surface area contributed by atoms with Crippen LogP contribution in [0.3, 0.4) is 0 Å². The monoisotopic (exact) mass is 439 g/mol. The zero-order chi connectivity index (χ0) is 17.7. The summed E-state index contributed by atoms with van der Waals surface area (Å²) < 4.78 is 2.00. The second-order valence-electron chi connectivity index (χ2n) is 6.84. The van der Waals surface area contributed by atoms with Gasteiger partial charge in [-0.05, 0) is 24.6 Å². The van der Waals surface area contributed by atoms with Crippen LogP contribution in [0, 0.1) is 0 Å². The van der Waals surface area contributed by atoms with Crippen molar-refractivity contribution in [2.24, 2.45) is 10.8 Å². The fourth-order valence-corrected chi connectivity index (χ4v) is 3.91. The minimum Gasteiger partial charge on any atom is -1.00 e. The van der Waals surface area contributed by atoms with Gasteiger partial charge in [0.25, 0.3) is 0 Å². The molecule has 0 saturated heterocycles. The molecule has 0 amide bonds. The molecule has 0 saturated carbocycles. The normalized spacial score (nSPS) is 14.1. The van der Waals surface area contributed by atoms with Gasteiger partial charge in [0.2, 0.25) is 0 Å². The van der Waals surface area contributed by atoms with Crippen LogP contribution in [0.4, 0.5) is 0 Å². The fourth-order valence-electron chi connectivity index (χ4n) is 3.12. The van der Waals surface area contributed by atoms with Gasteiger partial charge < -0.3 is 17.0 Å². The van der Waals surface area contributed by atoms with E-state index in [4.69, 9.17) is 10.8 Å². The average molecular weight is 440 g/mol. The highest BCUT2D eigenvalue weighted by molar-refractivity contribution is 8.14. The van der Waals surface area contributed by atoms with E-state index in [9.17, 15) is 0 Å². The molecule has 1 aromatic rings. The van der Waals surface area contributed by atoms with E-state index in [0.29, 0.717) is 0 Å². The van der Waals surface area contributed by atoms with Crippen LogP contribution >= 0.6 is 11.8 Å². The smallest absolute Gasteiger partial charge is 0.329 e. The summed E-state index contributed by atoms with van der Waals surface area (Å²) in [6, 6.07) is 10.4. The summed E-state index contributed by atoms with van der Waals surface area (Å²) in [5.74, 6) is 0.865. The first-order chi connectivity index (χ1) is 12.3. The highest BCUT2D eigenvalue weighted by atomic mass is 79.9. The van der Waals surface area contributed by atoms with Crippen LogP contribution < -0.4 is 22.7 Å². The van der Waals surface area contributed by atoms with Gasteiger partial charge in [0.05, 0.1) is 5.75 Å². The Bertz CT molecular complexity index is 558. The molecule has 146 valence electrons. The molecule has 26 heavy (non-hydrogen) atoms. The van der Waals surface area contributed by atoms with E-state index in [1.165, 1.54) is 69.8 Å². The quantitative estimate of drug-likeness (QED) is 0.401. The van der Waals surface area contributed by atoms with Crippen molar-refractivity contribution in [3.05, 3.63) is 35.9 Å². The van der Waals surface area contributed by atoms with E-state index in [0.717, 1.165) is 23.2 Å². The predicted molar refractivity (Wildman–Crippen MR) is 112 cm³/mol. The molecule has 0 spiro atoms. The number of unbranched alkanes of at least 4 members (excludes halogenated alkanes) is 9. The zero-order valence-corrected chi connectivity index (χ0v) is 18.5. The molecule has 0 unspecified atom stereocenters. The highest BCUT2D eigenvalue weighted by Crippen LogP contribution is 2.15. The van der Waals surface area contributed by atoms with Crippen LogP contribution in [0.2, 0.25) is 0 Å². The molecule has 2 rings (SSSR count). The lowest BCUT2D eigenvalue weighted by atomic mass is 10.1. The van der Waals surface area contributed by atoms with E-state index in [1.54, 1.807) is 11.8 Å². The van der Waals surface area contributed by atoms with E-state index in [1.807, 2.05) is 10.8 Å². The van der Waals surface area contributed by atoms with Gasteiger partial charge in [-0.3, -0.25) is 5.73 Å². The topological polar surface area (TPSA) is 41.4 Å². The lowest BCUT2D eigenvalue weighted by Crippen LogP contribution is -3.00. The van der Waals surface area contributed by atoms with Crippen molar-refractivity contribution in [3.8, 4) is 0 Å². The van der Waals surface area contributed by atoms with Crippen LogP contribution in [0.25, 0.3) is 0 Å². The van der Waals surface area contributed by atoms with Crippen molar-refractivity contribution in [1.29, 1.82) is 0 Å². The van der Waals surface area contributed by atoms with Crippen molar-refractivity contribution in [2.75, 3.05) is 12.3 Å². The summed E-state index contributed by atoms with van der Waals surface area (Å²) in [6.45, 7) is 3.21. The van der Waals surface area contributed by atoms with Gasteiger partial charge in [-0.2, -0.15) is 0 Å². The third-order valence-electron chi connectivity index (χ3n) is 4.68. The number of benzene rings is 1. The lowest BCUT2D eigenvalue weighted by molar-refractivity contribution is -0.532. The lowest BCUT2D eigenvalue weighted by Gasteiger charge is -2.12. The molecular formula is C21H34BrN3S. The van der Waals surface area contributed by atoms with Crippen LogP contribution in [-0.2, 0) is 0 Å². The number of amidine groups is 1. The Labute approximate surface area is 174 Å². The number of hydrogen-bond donors (Lipinski definition) is 1. The molecule has 2 N–H and O–H groups in total. The minimum absolute atomic E-state index is 0. The Morgan fingerprint density at radius 3 is 2.12 bits per heavy atom. The number of rotatable bonds is 12. The molecule has 0 bridgehead atoms. The van der Waals surface area contributed by atoms with Gasteiger partial charge in [-0.25, -0.2) is 0 Å². The summed E-state index contributed by atoms with van der Waals surface area (Å²) >= 11 is 1.70. The Morgan fingerprint density at radius 1 is 0.923 bits per heavy atom. The van der Waals surface area contributed by atoms with Crippen LogP contribution in [0.5, 0.6) is 0 Å². The Morgan fingerprint density at radius 2 is 1.50 bits per heavy atom. The minimum atomic E-state index is 0. The van der Waals surface area contributed by atoms with Gasteiger partial charge in [-0.1, -0.05) is 93.7 Å². The van der Waals surface area contributed by atoms with Crippen molar-refractivity contribution in [2.45, 2.75) is 71.1 Å². The second-order valence-corrected chi connectivity index (χ2v) is 7.84. The third kappa shape index (κ3) is 8.72. The second kappa shape index (κ2) is 14.3. The molecule has 0 aliphatic carbocycles. The predicted octanol–water partition coefficient (Wildman–Crippen LogP) is 2.39. The van der Waals surface area contributed by atoms with Crippen LogP contribution in [0.15, 0.2) is 35.4 Å². The van der Waals surface area contributed by atoms with E-state index >= 15 is 0 Å². The first-order valence-corrected chi connectivity index (χ1v) is 11.0. The van der Waals surface area contributed by atoms with E-state index in [2.05, 4.69) is 31.2 Å². The van der Waals surface area contributed by atoms with Gasteiger partial charge in [0.15, 0.2) is 0 Å². The number of nitrogens with two attached hydrogens (primary N) is 1. The molecule has 1 aliphatic heterocycles. The zero-order valence-electron chi connectivity index (χ0n) is 16.1. The number of hydrogen-bond acceptors (Lipinski definition) is 3. The number of hydrazone groups is 1. The SMILES string of the molecule is CCCCCCCCCCCC[N+]1=C(N)SCC(c2ccccc2)=N1.[Br-]. The van der Waals surface area contributed by atoms with Crippen LogP contribution in [-0.4, -0.2) is 27.9 Å². The summed E-state index contributed by atoms with van der Waals surface area (Å²) in [5, 5.41) is 5.62. The summed E-state index contributed by atoms with van der Waals surface area (Å²) in [5.41, 5.74) is 8.47. The summed E-state index contributed by atoms with van der Waals surface area (Å²) in [4.78, 5) is 0. The molecule has 3 nitrogen and oxygen atoms in total. The first-order valence-electron chi connectivity index (χ1n) is 9.97. The largest absolute Gasteiger partial charge is 1.00 e. The van der Waals surface area contributed by atoms with Gasteiger partial charge in [-0.15, -0.1) is 4.68 Å². The van der Waals surface area contributed by atoms with E-state index in [-0.39, 0.29) is 17.0 Å². The Hall–Kier alpha value is -0.810. The molecule has 1 heterocycles. The van der Waals surface area contributed by atoms with Crippen LogP contribution in [0.1, 0.15) is 76.7 Å². The fraction of sp³-hybridized carbons (Fsp3) is 0.619. The highest BCUT2D eigenvalue weighted by Gasteiger charge is 2.19. The molecular weight excluding hydrogens is 406 g/mol. The van der Waals surface area contributed by atoms with Gasteiger partial charge in [0, 0.05) is 5.56 Å². The molecule has 0 aromatic heterocycles. The maximum Gasteiger partial charge on any atom is 0.329 e. The summed E-state index contributed by atoms with van der Waals surface area (Å²) in [7, 11) is 0. The third-order valence-corrected chi connectivity index (χ3v) is 5.61. The average Bonchev–Trinajstić information content (AvgIpc) is 2.65. The molecule has 5 heteroatoms. The van der Waals surface area contributed by atoms with Crippen molar-refractivity contribution >= 4 is 22.6 Å². The molecule has 0 atom stereocenters. The number of halogens is 1. The molecule has 0 radical (unpaired) electrons. The van der Waals surface area contributed by atoms with E-state index < -0.39 is 0 Å². The maximum atomic E-state index is 6.14. The molecule has 1 aliphatic rings. The standard InChI is InChI=1S/C21H33N3S.BrH/c1-2-3-4-5-6-7-8-9-10-14-17-24-21(22)25-18-20(23-24)19-15-12-11-13-16-19;/h11-13,15-16,22H,2-10,14,17-18H2,1H3;1H.